The van der Waals surface area contributed by atoms with Crippen LogP contribution in [0.3, 0.4) is 0 Å². The molecule has 0 spiro atoms. The van der Waals surface area contributed by atoms with Gasteiger partial charge in [0.05, 0.1) is 12.6 Å². The second-order valence-electron chi connectivity index (χ2n) is 4.03. The molecule has 2 nitrogen and oxygen atoms in total. The summed E-state index contributed by atoms with van der Waals surface area (Å²) in [5.74, 6) is 0. The van der Waals surface area contributed by atoms with Gasteiger partial charge in [-0.2, -0.15) is 5.26 Å². The number of hydrogen-bond donors (Lipinski definition) is 0. The standard InChI is InChI=1S/C11H18N2.2C2H6/c1-9-4-5-11(8-10(9)2)13(3)7-6-12;2*1-2/h11H,4-5,7-8H2,1-3H3;2*1-2H3. The van der Waals surface area contributed by atoms with Gasteiger partial charge in [-0.25, -0.2) is 0 Å². The largest absolute Gasteiger partial charge is 0.290 e. The Morgan fingerprint density at radius 1 is 1.18 bits per heavy atom. The Labute approximate surface area is 108 Å². The predicted octanol–water partition coefficient (Wildman–Crippen LogP) is 4.38. The molecule has 1 rings (SSSR count). The minimum Gasteiger partial charge on any atom is -0.290 e. The highest BCUT2D eigenvalue weighted by Crippen LogP contribution is 2.26. The van der Waals surface area contributed by atoms with Gasteiger partial charge >= 0.3 is 0 Å². The number of nitrogens with zero attached hydrogens (tertiary/aromatic N) is 2. The summed E-state index contributed by atoms with van der Waals surface area (Å²) < 4.78 is 0. The maximum atomic E-state index is 8.58. The molecule has 0 heterocycles. The summed E-state index contributed by atoms with van der Waals surface area (Å²) in [6, 6.07) is 2.79. The molecule has 1 unspecified atom stereocenters. The Kier molecular flexibility index (Phi) is 12.7. The van der Waals surface area contributed by atoms with E-state index in [1.165, 1.54) is 18.4 Å². The van der Waals surface area contributed by atoms with Crippen LogP contribution >= 0.6 is 0 Å². The molecular weight excluding hydrogens is 208 g/mol. The Bertz CT molecular complexity index is 248. The Balaban J connectivity index is 0. The minimum atomic E-state index is 0.553. The van der Waals surface area contributed by atoms with Crippen LogP contribution in [-0.2, 0) is 0 Å². The van der Waals surface area contributed by atoms with E-state index in [-0.39, 0.29) is 0 Å². The molecule has 0 aromatic rings. The second-order valence-corrected chi connectivity index (χ2v) is 4.03. The van der Waals surface area contributed by atoms with Gasteiger partial charge in [0.1, 0.15) is 0 Å². The first-order valence-electron chi connectivity index (χ1n) is 6.87. The maximum Gasteiger partial charge on any atom is 0.0866 e. The molecule has 1 aliphatic carbocycles. The van der Waals surface area contributed by atoms with Crippen molar-refractivity contribution in [3.63, 3.8) is 0 Å². The molecular formula is C15H30N2. The monoisotopic (exact) mass is 238 g/mol. The van der Waals surface area contributed by atoms with E-state index in [0.29, 0.717) is 12.6 Å². The quantitative estimate of drug-likeness (QED) is 0.527. The molecule has 0 saturated heterocycles. The first-order valence-corrected chi connectivity index (χ1v) is 6.87. The van der Waals surface area contributed by atoms with Crippen LogP contribution in [-0.4, -0.2) is 24.5 Å². The fourth-order valence-electron chi connectivity index (χ4n) is 1.84. The zero-order valence-corrected chi connectivity index (χ0v) is 12.8. The van der Waals surface area contributed by atoms with Gasteiger partial charge in [0.15, 0.2) is 0 Å². The molecule has 100 valence electrons. The number of hydrogen-bond acceptors (Lipinski definition) is 2. The van der Waals surface area contributed by atoms with Crippen molar-refractivity contribution in [2.75, 3.05) is 13.6 Å². The molecule has 0 N–H and O–H groups in total. The van der Waals surface area contributed by atoms with E-state index >= 15 is 0 Å². The van der Waals surface area contributed by atoms with Gasteiger partial charge in [-0.05, 0) is 40.2 Å². The number of rotatable bonds is 2. The smallest absolute Gasteiger partial charge is 0.0866 e. The van der Waals surface area contributed by atoms with Gasteiger partial charge in [0.2, 0.25) is 0 Å². The third kappa shape index (κ3) is 7.18. The summed E-state index contributed by atoms with van der Waals surface area (Å²) >= 11 is 0. The SMILES string of the molecule is CC.CC.CC1=C(C)CC(N(C)CC#N)CC1. The molecule has 0 aromatic carbocycles. The van der Waals surface area contributed by atoms with Crippen LogP contribution in [0.1, 0.15) is 60.8 Å². The fraction of sp³-hybridized carbons (Fsp3) is 0.800. The van der Waals surface area contributed by atoms with Crippen molar-refractivity contribution in [3.05, 3.63) is 11.1 Å². The van der Waals surface area contributed by atoms with Crippen LogP contribution in [0.25, 0.3) is 0 Å². The van der Waals surface area contributed by atoms with Crippen molar-refractivity contribution in [1.29, 1.82) is 5.26 Å². The van der Waals surface area contributed by atoms with E-state index in [4.69, 9.17) is 5.26 Å². The molecule has 0 saturated carbocycles. The summed E-state index contributed by atoms with van der Waals surface area (Å²) in [6.45, 7) is 13.0. The molecule has 0 aliphatic heterocycles. The molecule has 2 heteroatoms. The van der Waals surface area contributed by atoms with Gasteiger partial charge in [-0.15, -0.1) is 0 Å². The lowest BCUT2D eigenvalue weighted by molar-refractivity contribution is 0.245. The summed E-state index contributed by atoms with van der Waals surface area (Å²) in [7, 11) is 2.04. The molecule has 1 atom stereocenters. The zero-order valence-electron chi connectivity index (χ0n) is 12.8. The minimum absolute atomic E-state index is 0.553. The highest BCUT2D eigenvalue weighted by atomic mass is 15.1. The Hall–Kier alpha value is -0.810. The van der Waals surface area contributed by atoms with Crippen LogP contribution in [0.5, 0.6) is 0 Å². The number of nitriles is 1. The lowest BCUT2D eigenvalue weighted by atomic mass is 9.89. The molecule has 0 amide bonds. The van der Waals surface area contributed by atoms with Gasteiger partial charge in [-0.1, -0.05) is 38.8 Å². The molecule has 0 aromatic heterocycles. The lowest BCUT2D eigenvalue weighted by Gasteiger charge is -2.30. The third-order valence-electron chi connectivity index (χ3n) is 3.07. The van der Waals surface area contributed by atoms with Crippen molar-refractivity contribution in [3.8, 4) is 6.07 Å². The van der Waals surface area contributed by atoms with E-state index in [0.717, 1.165) is 6.42 Å². The topological polar surface area (TPSA) is 27.0 Å². The van der Waals surface area contributed by atoms with Crippen molar-refractivity contribution in [2.24, 2.45) is 0 Å². The average molecular weight is 238 g/mol. The van der Waals surface area contributed by atoms with Gasteiger partial charge in [0, 0.05) is 6.04 Å². The molecule has 17 heavy (non-hydrogen) atoms. The van der Waals surface area contributed by atoms with Crippen molar-refractivity contribution >= 4 is 0 Å². The first kappa shape index (κ1) is 18.6. The van der Waals surface area contributed by atoms with Gasteiger partial charge in [0.25, 0.3) is 0 Å². The van der Waals surface area contributed by atoms with Crippen molar-refractivity contribution in [1.82, 2.24) is 4.90 Å². The highest BCUT2D eigenvalue weighted by Gasteiger charge is 2.19. The predicted molar refractivity (Wildman–Crippen MR) is 77.0 cm³/mol. The van der Waals surface area contributed by atoms with Crippen LogP contribution < -0.4 is 0 Å². The maximum absolute atomic E-state index is 8.58. The average Bonchev–Trinajstić information content (AvgIpc) is 2.38. The van der Waals surface area contributed by atoms with Crippen LogP contribution in [0, 0.1) is 11.3 Å². The second kappa shape index (κ2) is 11.7. The van der Waals surface area contributed by atoms with Crippen molar-refractivity contribution in [2.45, 2.75) is 66.8 Å². The molecule has 0 fully saturated rings. The zero-order chi connectivity index (χ0) is 13.8. The van der Waals surface area contributed by atoms with Crippen LogP contribution in [0.4, 0.5) is 0 Å². The van der Waals surface area contributed by atoms with E-state index in [1.807, 2.05) is 34.7 Å². The van der Waals surface area contributed by atoms with E-state index in [2.05, 4.69) is 24.8 Å². The van der Waals surface area contributed by atoms with Gasteiger partial charge < -0.3 is 0 Å². The van der Waals surface area contributed by atoms with E-state index in [9.17, 15) is 0 Å². The van der Waals surface area contributed by atoms with Crippen LogP contribution in [0.15, 0.2) is 11.1 Å². The molecule has 1 aliphatic rings. The fourth-order valence-corrected chi connectivity index (χ4v) is 1.84. The lowest BCUT2D eigenvalue weighted by Crippen LogP contribution is -2.34. The Morgan fingerprint density at radius 2 is 1.71 bits per heavy atom. The number of allylic oxidation sites excluding steroid dienone is 1. The van der Waals surface area contributed by atoms with E-state index in [1.54, 1.807) is 5.57 Å². The molecule has 0 radical (unpaired) electrons. The summed E-state index contributed by atoms with van der Waals surface area (Å²) in [6.07, 6.45) is 3.55. The summed E-state index contributed by atoms with van der Waals surface area (Å²) in [4.78, 5) is 2.16. The van der Waals surface area contributed by atoms with Gasteiger partial charge in [-0.3, -0.25) is 4.90 Å². The molecule has 0 bridgehead atoms. The van der Waals surface area contributed by atoms with E-state index < -0.39 is 0 Å². The summed E-state index contributed by atoms with van der Waals surface area (Å²) in [5.41, 5.74) is 3.06. The highest BCUT2D eigenvalue weighted by molar-refractivity contribution is 5.15. The van der Waals surface area contributed by atoms with Crippen molar-refractivity contribution < 1.29 is 0 Å². The normalized spacial score (nSPS) is 18.6. The van der Waals surface area contributed by atoms with Crippen LogP contribution in [0.2, 0.25) is 0 Å². The summed E-state index contributed by atoms with van der Waals surface area (Å²) in [5, 5.41) is 8.58. The first-order chi connectivity index (χ1) is 8.15. The Morgan fingerprint density at radius 3 is 2.12 bits per heavy atom. The third-order valence-corrected chi connectivity index (χ3v) is 3.07.